The van der Waals surface area contributed by atoms with E-state index in [0.29, 0.717) is 12.8 Å². The molecule has 2 saturated heterocycles. The van der Waals surface area contributed by atoms with Crippen molar-refractivity contribution in [3.63, 3.8) is 0 Å². The van der Waals surface area contributed by atoms with Crippen LogP contribution in [0.15, 0.2) is 0 Å². The second-order valence-corrected chi connectivity index (χ2v) is 6.87. The molecule has 2 atom stereocenters. The Morgan fingerprint density at radius 3 is 2.62 bits per heavy atom. The summed E-state index contributed by atoms with van der Waals surface area (Å²) >= 11 is 0. The molecular weight excluding hydrogens is 230 g/mol. The molecule has 92 valence electrons. The lowest BCUT2D eigenvalue weighted by molar-refractivity contribution is -0.142. The summed E-state index contributed by atoms with van der Waals surface area (Å²) in [5, 5.41) is 9.05. The highest BCUT2D eigenvalue weighted by molar-refractivity contribution is 7.91. The van der Waals surface area contributed by atoms with Gasteiger partial charge in [0, 0.05) is 6.04 Å². The number of rotatable bonds is 2. The van der Waals surface area contributed by atoms with Crippen molar-refractivity contribution in [3.05, 3.63) is 0 Å². The molecule has 0 amide bonds. The van der Waals surface area contributed by atoms with E-state index in [2.05, 4.69) is 0 Å². The minimum absolute atomic E-state index is 0.0812. The minimum atomic E-state index is -2.95. The first kappa shape index (κ1) is 11.9. The van der Waals surface area contributed by atoms with Crippen molar-refractivity contribution in [1.82, 2.24) is 4.90 Å². The lowest BCUT2D eigenvalue weighted by atomic mass is 10.1. The Hall–Kier alpha value is -0.620. The predicted octanol–water partition coefficient (Wildman–Crippen LogP) is 0.113. The van der Waals surface area contributed by atoms with Gasteiger partial charge in [0.2, 0.25) is 0 Å². The molecule has 2 aliphatic heterocycles. The van der Waals surface area contributed by atoms with Gasteiger partial charge in [0.15, 0.2) is 9.84 Å². The third-order valence-corrected chi connectivity index (χ3v) is 5.29. The number of sulfone groups is 1. The second kappa shape index (κ2) is 4.33. The standard InChI is InChI=1S/C10H17NO4S/c12-10(13)9-4-1-5-11(9)8-3-2-6-16(14,15)7-8/h8-9H,1-7H2,(H,12,13). The van der Waals surface area contributed by atoms with Gasteiger partial charge in [-0.1, -0.05) is 0 Å². The molecule has 0 aliphatic carbocycles. The van der Waals surface area contributed by atoms with Crippen molar-refractivity contribution >= 4 is 15.8 Å². The molecule has 0 saturated carbocycles. The van der Waals surface area contributed by atoms with Crippen LogP contribution >= 0.6 is 0 Å². The molecule has 0 aromatic heterocycles. The molecule has 5 nitrogen and oxygen atoms in total. The van der Waals surface area contributed by atoms with E-state index in [-0.39, 0.29) is 17.5 Å². The Kier molecular flexibility index (Phi) is 3.21. The van der Waals surface area contributed by atoms with Gasteiger partial charge in [-0.3, -0.25) is 9.69 Å². The summed E-state index contributed by atoms with van der Waals surface area (Å²) in [4.78, 5) is 12.9. The molecule has 2 fully saturated rings. The van der Waals surface area contributed by atoms with Crippen LogP contribution < -0.4 is 0 Å². The summed E-state index contributed by atoms with van der Waals surface area (Å²) in [6.45, 7) is 0.719. The van der Waals surface area contributed by atoms with E-state index in [1.165, 1.54) is 0 Å². The predicted molar refractivity (Wildman–Crippen MR) is 59.0 cm³/mol. The molecule has 0 aromatic rings. The van der Waals surface area contributed by atoms with Crippen LogP contribution in [-0.2, 0) is 14.6 Å². The number of aliphatic carboxylic acids is 1. The number of hydrogen-bond acceptors (Lipinski definition) is 4. The SMILES string of the molecule is O=C(O)C1CCCN1C1CCCS(=O)(=O)C1. The van der Waals surface area contributed by atoms with Gasteiger partial charge in [-0.15, -0.1) is 0 Å². The third kappa shape index (κ3) is 2.38. The summed E-state index contributed by atoms with van der Waals surface area (Å²) in [6.07, 6.45) is 2.97. The quantitative estimate of drug-likeness (QED) is 0.749. The van der Waals surface area contributed by atoms with E-state index < -0.39 is 21.8 Å². The highest BCUT2D eigenvalue weighted by atomic mass is 32.2. The van der Waals surface area contributed by atoms with E-state index >= 15 is 0 Å². The highest BCUT2D eigenvalue weighted by Gasteiger charge is 2.38. The van der Waals surface area contributed by atoms with Gasteiger partial charge in [0.1, 0.15) is 6.04 Å². The van der Waals surface area contributed by atoms with E-state index in [4.69, 9.17) is 5.11 Å². The van der Waals surface area contributed by atoms with Crippen molar-refractivity contribution in [2.75, 3.05) is 18.1 Å². The van der Waals surface area contributed by atoms with E-state index in [1.807, 2.05) is 4.90 Å². The number of carboxylic acid groups (broad SMARTS) is 1. The molecule has 0 spiro atoms. The summed E-state index contributed by atoms with van der Waals surface area (Å²) < 4.78 is 23.0. The highest BCUT2D eigenvalue weighted by Crippen LogP contribution is 2.26. The van der Waals surface area contributed by atoms with Gasteiger partial charge in [-0.25, -0.2) is 8.42 Å². The van der Waals surface area contributed by atoms with Gasteiger partial charge >= 0.3 is 5.97 Å². The molecule has 2 rings (SSSR count). The summed E-state index contributed by atoms with van der Waals surface area (Å²) in [5.74, 6) is -0.424. The van der Waals surface area contributed by atoms with Crippen LogP contribution in [0.25, 0.3) is 0 Å². The number of carbonyl (C=O) groups is 1. The average Bonchev–Trinajstić information content (AvgIpc) is 2.64. The number of carboxylic acids is 1. The normalized spacial score (nSPS) is 35.0. The van der Waals surface area contributed by atoms with Crippen LogP contribution in [0.3, 0.4) is 0 Å². The van der Waals surface area contributed by atoms with Crippen LogP contribution in [0.4, 0.5) is 0 Å². The molecule has 16 heavy (non-hydrogen) atoms. The molecule has 2 heterocycles. The zero-order valence-electron chi connectivity index (χ0n) is 9.13. The van der Waals surface area contributed by atoms with E-state index in [0.717, 1.165) is 19.4 Å². The molecule has 2 unspecified atom stereocenters. The first-order valence-electron chi connectivity index (χ1n) is 5.68. The number of hydrogen-bond donors (Lipinski definition) is 1. The fourth-order valence-corrected chi connectivity index (χ4v) is 4.47. The van der Waals surface area contributed by atoms with Crippen molar-refractivity contribution in [3.8, 4) is 0 Å². The smallest absolute Gasteiger partial charge is 0.320 e. The Balaban J connectivity index is 2.09. The van der Waals surface area contributed by atoms with Crippen LogP contribution in [0.2, 0.25) is 0 Å². The van der Waals surface area contributed by atoms with Crippen LogP contribution in [0, 0.1) is 0 Å². The minimum Gasteiger partial charge on any atom is -0.480 e. The van der Waals surface area contributed by atoms with Crippen LogP contribution in [0.1, 0.15) is 25.7 Å². The first-order valence-corrected chi connectivity index (χ1v) is 7.51. The number of nitrogens with zero attached hydrogens (tertiary/aromatic N) is 1. The van der Waals surface area contributed by atoms with Crippen molar-refractivity contribution in [2.45, 2.75) is 37.8 Å². The molecule has 0 aromatic carbocycles. The van der Waals surface area contributed by atoms with Gasteiger partial charge in [0.05, 0.1) is 11.5 Å². The van der Waals surface area contributed by atoms with Gasteiger partial charge < -0.3 is 5.11 Å². The van der Waals surface area contributed by atoms with Crippen LogP contribution in [0.5, 0.6) is 0 Å². The van der Waals surface area contributed by atoms with E-state index in [1.54, 1.807) is 0 Å². The van der Waals surface area contributed by atoms with Crippen LogP contribution in [-0.4, -0.2) is 54.5 Å². The lowest BCUT2D eigenvalue weighted by Gasteiger charge is -2.33. The topological polar surface area (TPSA) is 74.7 Å². The molecule has 0 radical (unpaired) electrons. The molecule has 0 bridgehead atoms. The fraction of sp³-hybridized carbons (Fsp3) is 0.900. The van der Waals surface area contributed by atoms with Gasteiger partial charge in [-0.2, -0.15) is 0 Å². The Labute approximate surface area is 95.4 Å². The van der Waals surface area contributed by atoms with Crippen molar-refractivity contribution in [1.29, 1.82) is 0 Å². The summed E-state index contributed by atoms with van der Waals surface area (Å²) in [5.41, 5.74) is 0. The maximum Gasteiger partial charge on any atom is 0.320 e. The lowest BCUT2D eigenvalue weighted by Crippen LogP contribution is -2.48. The first-order chi connectivity index (χ1) is 7.49. The second-order valence-electron chi connectivity index (χ2n) is 4.64. The average molecular weight is 247 g/mol. The van der Waals surface area contributed by atoms with Crippen molar-refractivity contribution in [2.24, 2.45) is 0 Å². The largest absolute Gasteiger partial charge is 0.480 e. The maximum absolute atomic E-state index is 11.5. The molecule has 6 heteroatoms. The number of likely N-dealkylation sites (tertiary alicyclic amines) is 1. The Bertz CT molecular complexity index is 378. The Morgan fingerprint density at radius 2 is 2.00 bits per heavy atom. The zero-order valence-corrected chi connectivity index (χ0v) is 9.95. The molecule has 2 aliphatic rings. The fourth-order valence-electron chi connectivity index (χ4n) is 2.75. The summed E-state index contributed by atoms with van der Waals surface area (Å²) in [6, 6.07) is -0.555. The van der Waals surface area contributed by atoms with E-state index in [9.17, 15) is 13.2 Å². The third-order valence-electron chi connectivity index (χ3n) is 3.49. The van der Waals surface area contributed by atoms with Gasteiger partial charge in [-0.05, 0) is 32.2 Å². The van der Waals surface area contributed by atoms with Gasteiger partial charge in [0.25, 0.3) is 0 Å². The monoisotopic (exact) mass is 247 g/mol. The van der Waals surface area contributed by atoms with Crippen molar-refractivity contribution < 1.29 is 18.3 Å². The zero-order chi connectivity index (χ0) is 11.8. The Morgan fingerprint density at radius 1 is 1.25 bits per heavy atom. The molecular formula is C10H17NO4S. The summed E-state index contributed by atoms with van der Waals surface area (Å²) in [7, 11) is -2.95. The molecule has 1 N–H and O–H groups in total. The maximum atomic E-state index is 11.5.